The van der Waals surface area contributed by atoms with E-state index in [4.69, 9.17) is 0 Å². The number of likely N-dealkylation sites (tertiary alicyclic amines) is 1. The third-order valence-corrected chi connectivity index (χ3v) is 4.48. The van der Waals surface area contributed by atoms with E-state index in [1.54, 1.807) is 0 Å². The Morgan fingerprint density at radius 3 is 2.79 bits per heavy atom. The number of hydrogen-bond donors (Lipinski definition) is 2. The van der Waals surface area contributed by atoms with Crippen molar-refractivity contribution in [2.24, 2.45) is 5.92 Å². The molecule has 1 amide bonds. The lowest BCUT2D eigenvalue weighted by molar-refractivity contribution is 0.0686. The van der Waals surface area contributed by atoms with Crippen LogP contribution in [0.25, 0.3) is 0 Å². The summed E-state index contributed by atoms with van der Waals surface area (Å²) in [6.07, 6.45) is 5.78. The molecule has 2 fully saturated rings. The van der Waals surface area contributed by atoms with Crippen LogP contribution < -0.4 is 0 Å². The summed E-state index contributed by atoms with van der Waals surface area (Å²) in [5.74, 6) is 0.433. The summed E-state index contributed by atoms with van der Waals surface area (Å²) in [6.45, 7) is 0.767. The van der Waals surface area contributed by atoms with Gasteiger partial charge < -0.3 is 15.1 Å². The standard InChI is InChI=1S/C15H19NO3/c17-11-5-6-14(18)12(9-11)15(19)16-8-7-10-3-1-2-4-13(10)16/h5-6,9-10,13,17-18H,1-4,7-8H2. The predicted molar refractivity (Wildman–Crippen MR) is 71.2 cm³/mol. The van der Waals surface area contributed by atoms with E-state index in [2.05, 4.69) is 0 Å². The summed E-state index contributed by atoms with van der Waals surface area (Å²) in [4.78, 5) is 14.4. The van der Waals surface area contributed by atoms with Gasteiger partial charge >= 0.3 is 0 Å². The first kappa shape index (κ1) is 12.3. The lowest BCUT2D eigenvalue weighted by Gasteiger charge is -2.31. The van der Waals surface area contributed by atoms with Crippen LogP contribution in [0.2, 0.25) is 0 Å². The van der Waals surface area contributed by atoms with E-state index < -0.39 is 0 Å². The summed E-state index contributed by atoms with van der Waals surface area (Å²) in [5, 5.41) is 19.3. The first-order chi connectivity index (χ1) is 9.16. The van der Waals surface area contributed by atoms with E-state index in [-0.39, 0.29) is 23.0 Å². The molecule has 0 spiro atoms. The number of rotatable bonds is 1. The maximum Gasteiger partial charge on any atom is 0.258 e. The Labute approximate surface area is 112 Å². The lowest BCUT2D eigenvalue weighted by Crippen LogP contribution is -2.39. The molecule has 2 atom stereocenters. The Morgan fingerprint density at radius 2 is 1.95 bits per heavy atom. The molecule has 0 bridgehead atoms. The minimum Gasteiger partial charge on any atom is -0.508 e. The molecule has 0 aromatic heterocycles. The van der Waals surface area contributed by atoms with Gasteiger partial charge in [-0.25, -0.2) is 0 Å². The first-order valence-electron chi connectivity index (χ1n) is 7.00. The van der Waals surface area contributed by atoms with Gasteiger partial charge in [0, 0.05) is 12.6 Å². The number of phenolic OH excluding ortho intramolecular Hbond substituents is 2. The molecule has 2 unspecified atom stereocenters. The zero-order chi connectivity index (χ0) is 13.4. The van der Waals surface area contributed by atoms with Gasteiger partial charge in [0.1, 0.15) is 11.5 Å². The van der Waals surface area contributed by atoms with Crippen molar-refractivity contribution < 1.29 is 15.0 Å². The van der Waals surface area contributed by atoms with Gasteiger partial charge in [-0.05, 0) is 43.4 Å². The number of amides is 1. The smallest absolute Gasteiger partial charge is 0.258 e. The monoisotopic (exact) mass is 261 g/mol. The second-order valence-electron chi connectivity index (χ2n) is 5.60. The van der Waals surface area contributed by atoms with Crippen molar-refractivity contribution >= 4 is 5.91 Å². The predicted octanol–water partition coefficient (Wildman–Crippen LogP) is 2.50. The molecule has 1 aromatic carbocycles. The first-order valence-corrected chi connectivity index (χ1v) is 7.00. The molecular weight excluding hydrogens is 242 g/mol. The van der Waals surface area contributed by atoms with Gasteiger partial charge in [-0.15, -0.1) is 0 Å². The fourth-order valence-corrected chi connectivity index (χ4v) is 3.51. The number of fused-ring (bicyclic) bond motifs is 1. The van der Waals surface area contributed by atoms with Crippen molar-refractivity contribution in [2.75, 3.05) is 6.54 Å². The van der Waals surface area contributed by atoms with E-state index in [9.17, 15) is 15.0 Å². The van der Waals surface area contributed by atoms with E-state index >= 15 is 0 Å². The highest BCUT2D eigenvalue weighted by Gasteiger charge is 2.38. The average molecular weight is 261 g/mol. The van der Waals surface area contributed by atoms with Crippen LogP contribution in [0, 0.1) is 5.92 Å². The summed E-state index contributed by atoms with van der Waals surface area (Å²) < 4.78 is 0. The molecule has 1 saturated heterocycles. The van der Waals surface area contributed by atoms with E-state index in [1.165, 1.54) is 37.5 Å². The number of benzene rings is 1. The minimum absolute atomic E-state index is 0.0144. The number of carbonyl (C=O) groups is 1. The van der Waals surface area contributed by atoms with Crippen molar-refractivity contribution in [3.63, 3.8) is 0 Å². The van der Waals surface area contributed by atoms with Gasteiger partial charge in [0.2, 0.25) is 0 Å². The highest BCUT2D eigenvalue weighted by atomic mass is 16.3. The quantitative estimate of drug-likeness (QED) is 0.764. The van der Waals surface area contributed by atoms with Crippen LogP contribution >= 0.6 is 0 Å². The molecule has 2 aliphatic rings. The molecule has 2 N–H and O–H groups in total. The maximum atomic E-state index is 12.5. The van der Waals surface area contributed by atoms with Gasteiger partial charge in [0.15, 0.2) is 0 Å². The number of aromatic hydroxyl groups is 2. The second-order valence-corrected chi connectivity index (χ2v) is 5.60. The third-order valence-electron chi connectivity index (χ3n) is 4.48. The summed E-state index contributed by atoms with van der Waals surface area (Å²) >= 11 is 0. The summed E-state index contributed by atoms with van der Waals surface area (Å²) in [7, 11) is 0. The van der Waals surface area contributed by atoms with Crippen molar-refractivity contribution in [1.29, 1.82) is 0 Å². The highest BCUT2D eigenvalue weighted by molar-refractivity contribution is 5.97. The molecule has 4 nitrogen and oxygen atoms in total. The topological polar surface area (TPSA) is 60.8 Å². The van der Waals surface area contributed by atoms with Gasteiger partial charge in [0.05, 0.1) is 5.56 Å². The average Bonchev–Trinajstić information content (AvgIpc) is 2.84. The van der Waals surface area contributed by atoms with Crippen LogP contribution in [-0.2, 0) is 0 Å². The van der Waals surface area contributed by atoms with Crippen molar-refractivity contribution in [1.82, 2.24) is 4.90 Å². The number of carbonyl (C=O) groups excluding carboxylic acids is 1. The summed E-state index contributed by atoms with van der Waals surface area (Å²) in [6, 6.07) is 4.44. The number of hydrogen-bond acceptors (Lipinski definition) is 3. The van der Waals surface area contributed by atoms with Gasteiger partial charge in [-0.1, -0.05) is 12.8 Å². The van der Waals surface area contributed by atoms with Crippen LogP contribution in [0.4, 0.5) is 0 Å². The van der Waals surface area contributed by atoms with Crippen molar-refractivity contribution in [3.8, 4) is 11.5 Å². The Morgan fingerprint density at radius 1 is 1.16 bits per heavy atom. The van der Waals surface area contributed by atoms with Crippen LogP contribution in [0.5, 0.6) is 11.5 Å². The summed E-state index contributed by atoms with van der Waals surface area (Å²) in [5.41, 5.74) is 0.214. The number of phenols is 2. The molecule has 1 saturated carbocycles. The molecule has 19 heavy (non-hydrogen) atoms. The second kappa shape index (κ2) is 4.76. The van der Waals surface area contributed by atoms with E-state index in [0.29, 0.717) is 12.0 Å². The molecule has 1 heterocycles. The zero-order valence-corrected chi connectivity index (χ0v) is 10.9. The van der Waals surface area contributed by atoms with Gasteiger partial charge in [0.25, 0.3) is 5.91 Å². The van der Waals surface area contributed by atoms with E-state index in [1.807, 2.05) is 4.90 Å². The number of nitrogens with zero attached hydrogens (tertiary/aromatic N) is 1. The third kappa shape index (κ3) is 2.15. The molecule has 102 valence electrons. The SMILES string of the molecule is O=C(c1cc(O)ccc1O)N1CCC2CCCCC21. The van der Waals surface area contributed by atoms with Crippen LogP contribution in [0.15, 0.2) is 18.2 Å². The fourth-order valence-electron chi connectivity index (χ4n) is 3.51. The fraction of sp³-hybridized carbons (Fsp3) is 0.533. The van der Waals surface area contributed by atoms with Crippen molar-refractivity contribution in [3.05, 3.63) is 23.8 Å². The Balaban J connectivity index is 1.85. The molecule has 1 aliphatic carbocycles. The van der Waals surface area contributed by atoms with Crippen molar-refractivity contribution in [2.45, 2.75) is 38.1 Å². The molecule has 4 heteroatoms. The Bertz CT molecular complexity index is 500. The molecular formula is C15H19NO3. The van der Waals surface area contributed by atoms with Crippen LogP contribution in [0.1, 0.15) is 42.5 Å². The Kier molecular flexibility index (Phi) is 3.09. The molecule has 3 rings (SSSR count). The molecule has 1 aromatic rings. The Hall–Kier alpha value is -1.71. The van der Waals surface area contributed by atoms with Gasteiger partial charge in [-0.2, -0.15) is 0 Å². The molecule has 1 aliphatic heterocycles. The highest BCUT2D eigenvalue weighted by Crippen LogP contribution is 2.37. The normalized spacial score (nSPS) is 26.2. The van der Waals surface area contributed by atoms with E-state index in [0.717, 1.165) is 19.4 Å². The van der Waals surface area contributed by atoms with Crippen LogP contribution in [0.3, 0.4) is 0 Å². The van der Waals surface area contributed by atoms with Gasteiger partial charge in [-0.3, -0.25) is 4.79 Å². The lowest BCUT2D eigenvalue weighted by atomic mass is 9.85. The minimum atomic E-state index is -0.150. The zero-order valence-electron chi connectivity index (χ0n) is 10.9. The molecule has 0 radical (unpaired) electrons. The largest absolute Gasteiger partial charge is 0.508 e. The maximum absolute atomic E-state index is 12.5. The van der Waals surface area contributed by atoms with Crippen LogP contribution in [-0.4, -0.2) is 33.6 Å².